The van der Waals surface area contributed by atoms with Crippen molar-refractivity contribution < 1.29 is 22.9 Å². The van der Waals surface area contributed by atoms with E-state index < -0.39 is 17.9 Å². The predicted octanol–water partition coefficient (Wildman–Crippen LogP) is 3.53. The summed E-state index contributed by atoms with van der Waals surface area (Å²) in [5, 5.41) is 8.97. The largest absolute Gasteiger partial charge is 0.337 e. The Morgan fingerprint density at radius 3 is 2.71 bits per heavy atom. The van der Waals surface area contributed by atoms with Gasteiger partial charge in [-0.1, -0.05) is 23.4 Å². The summed E-state index contributed by atoms with van der Waals surface area (Å²) in [4.78, 5) is 30.1. The summed E-state index contributed by atoms with van der Waals surface area (Å²) in [6.45, 7) is 0.0940. The quantitative estimate of drug-likeness (QED) is 0.627. The van der Waals surface area contributed by atoms with Gasteiger partial charge in [0.2, 0.25) is 11.8 Å². The number of urea groups is 1. The van der Waals surface area contributed by atoms with E-state index in [0.717, 1.165) is 0 Å². The van der Waals surface area contributed by atoms with Crippen LogP contribution in [0.3, 0.4) is 0 Å². The standard InChI is InChI=1S/C21H19F2N5O3/c22-14-5-7-15(8-6-14)25-21(30)24-11-18-26-20(31-27-18)17-9-10-19(29)28(17)12-13-3-1-2-4-16(13)23/h1-8,17H,9-12H2,(H2,24,25,30)/t17-/m0/s1. The van der Waals surface area contributed by atoms with Crippen LogP contribution >= 0.6 is 0 Å². The third-order valence-corrected chi connectivity index (χ3v) is 4.90. The number of amides is 3. The van der Waals surface area contributed by atoms with Gasteiger partial charge in [0, 0.05) is 24.2 Å². The van der Waals surface area contributed by atoms with Gasteiger partial charge in [0.1, 0.15) is 17.7 Å². The number of halogens is 2. The molecule has 8 nitrogen and oxygen atoms in total. The second-order valence-electron chi connectivity index (χ2n) is 7.03. The molecular formula is C21H19F2N5O3. The van der Waals surface area contributed by atoms with Crippen molar-refractivity contribution in [3.63, 3.8) is 0 Å². The van der Waals surface area contributed by atoms with Crippen molar-refractivity contribution in [2.45, 2.75) is 32.0 Å². The van der Waals surface area contributed by atoms with Crippen molar-refractivity contribution in [1.29, 1.82) is 0 Å². The molecule has 1 atom stereocenters. The van der Waals surface area contributed by atoms with E-state index in [1.165, 1.54) is 35.2 Å². The van der Waals surface area contributed by atoms with E-state index in [2.05, 4.69) is 20.8 Å². The number of nitrogens with one attached hydrogen (secondary N) is 2. The van der Waals surface area contributed by atoms with Gasteiger partial charge in [-0.3, -0.25) is 4.79 Å². The topological polar surface area (TPSA) is 100 Å². The molecule has 4 rings (SSSR count). The third-order valence-electron chi connectivity index (χ3n) is 4.90. The van der Waals surface area contributed by atoms with Crippen LogP contribution in [0.5, 0.6) is 0 Å². The number of aromatic nitrogens is 2. The molecular weight excluding hydrogens is 408 g/mol. The molecule has 10 heteroatoms. The highest BCUT2D eigenvalue weighted by molar-refractivity contribution is 5.89. The fourth-order valence-electron chi connectivity index (χ4n) is 3.34. The van der Waals surface area contributed by atoms with Crippen LogP contribution in [0.4, 0.5) is 19.3 Å². The van der Waals surface area contributed by atoms with Crippen LogP contribution in [-0.2, 0) is 17.9 Å². The maximum Gasteiger partial charge on any atom is 0.319 e. The van der Waals surface area contributed by atoms with Crippen LogP contribution in [0.1, 0.15) is 36.2 Å². The molecule has 160 valence electrons. The van der Waals surface area contributed by atoms with Crippen LogP contribution in [0.25, 0.3) is 0 Å². The van der Waals surface area contributed by atoms with Crippen molar-refractivity contribution in [3.05, 3.63) is 77.4 Å². The molecule has 2 aromatic carbocycles. The van der Waals surface area contributed by atoms with E-state index in [9.17, 15) is 18.4 Å². The molecule has 1 aliphatic rings. The summed E-state index contributed by atoms with van der Waals surface area (Å²) >= 11 is 0. The number of nitrogens with zero attached hydrogens (tertiary/aromatic N) is 3. The molecule has 1 saturated heterocycles. The van der Waals surface area contributed by atoms with Gasteiger partial charge in [-0.25, -0.2) is 13.6 Å². The van der Waals surface area contributed by atoms with Crippen LogP contribution in [0.2, 0.25) is 0 Å². The van der Waals surface area contributed by atoms with E-state index in [0.29, 0.717) is 24.1 Å². The van der Waals surface area contributed by atoms with Gasteiger partial charge in [-0.05, 0) is 36.8 Å². The Labute approximate surface area is 176 Å². The zero-order valence-corrected chi connectivity index (χ0v) is 16.3. The van der Waals surface area contributed by atoms with Gasteiger partial charge in [0.25, 0.3) is 0 Å². The number of likely N-dealkylation sites (tertiary alicyclic amines) is 1. The molecule has 0 aliphatic carbocycles. The average molecular weight is 427 g/mol. The number of carbonyl (C=O) groups excluding carboxylic acids is 2. The zero-order valence-electron chi connectivity index (χ0n) is 16.3. The Morgan fingerprint density at radius 2 is 1.94 bits per heavy atom. The number of anilines is 1. The van der Waals surface area contributed by atoms with E-state index in [1.54, 1.807) is 18.2 Å². The summed E-state index contributed by atoms with van der Waals surface area (Å²) < 4.78 is 32.2. The predicted molar refractivity (Wildman–Crippen MR) is 105 cm³/mol. The molecule has 0 saturated carbocycles. The lowest BCUT2D eigenvalue weighted by Crippen LogP contribution is -2.29. The lowest BCUT2D eigenvalue weighted by Gasteiger charge is -2.22. The van der Waals surface area contributed by atoms with Crippen molar-refractivity contribution >= 4 is 17.6 Å². The van der Waals surface area contributed by atoms with Gasteiger partial charge in [0.15, 0.2) is 5.82 Å². The molecule has 31 heavy (non-hydrogen) atoms. The molecule has 3 aromatic rings. The van der Waals surface area contributed by atoms with E-state index in [1.807, 2.05) is 0 Å². The number of hydrogen-bond donors (Lipinski definition) is 2. The Balaban J connectivity index is 1.37. The van der Waals surface area contributed by atoms with Crippen molar-refractivity contribution in [2.75, 3.05) is 5.32 Å². The fraction of sp³-hybridized carbons (Fsp3) is 0.238. The second-order valence-corrected chi connectivity index (χ2v) is 7.03. The molecule has 0 spiro atoms. The number of benzene rings is 2. The van der Waals surface area contributed by atoms with Gasteiger partial charge in [-0.2, -0.15) is 4.98 Å². The molecule has 0 unspecified atom stereocenters. The van der Waals surface area contributed by atoms with Crippen molar-refractivity contribution in [1.82, 2.24) is 20.4 Å². The first-order chi connectivity index (χ1) is 15.0. The first-order valence-corrected chi connectivity index (χ1v) is 9.65. The van der Waals surface area contributed by atoms with E-state index in [-0.39, 0.29) is 36.5 Å². The molecule has 0 bridgehead atoms. The Kier molecular flexibility index (Phi) is 5.87. The Hall–Kier alpha value is -3.82. The minimum atomic E-state index is -0.518. The molecule has 0 radical (unpaired) electrons. The molecule has 1 aromatic heterocycles. The first-order valence-electron chi connectivity index (χ1n) is 9.65. The maximum atomic E-state index is 14.0. The van der Waals surface area contributed by atoms with Crippen molar-refractivity contribution in [2.24, 2.45) is 0 Å². The summed E-state index contributed by atoms with van der Waals surface area (Å²) in [5.41, 5.74) is 0.836. The number of carbonyl (C=O) groups is 2. The molecule has 1 aliphatic heterocycles. The van der Waals surface area contributed by atoms with Crippen LogP contribution in [0.15, 0.2) is 53.1 Å². The SMILES string of the molecule is O=C(NCc1noc([C@@H]2CCC(=O)N2Cc2ccccc2F)n1)Nc1ccc(F)cc1. The summed E-state index contributed by atoms with van der Waals surface area (Å²) in [6.07, 6.45) is 0.780. The van der Waals surface area contributed by atoms with Gasteiger partial charge < -0.3 is 20.1 Å². The molecule has 2 heterocycles. The second kappa shape index (κ2) is 8.90. The van der Waals surface area contributed by atoms with Crippen LogP contribution < -0.4 is 10.6 Å². The maximum absolute atomic E-state index is 14.0. The van der Waals surface area contributed by atoms with Gasteiger partial charge in [0.05, 0.1) is 6.54 Å². The van der Waals surface area contributed by atoms with Crippen molar-refractivity contribution in [3.8, 4) is 0 Å². The van der Waals surface area contributed by atoms with E-state index in [4.69, 9.17) is 4.52 Å². The summed E-state index contributed by atoms with van der Waals surface area (Å²) in [5.74, 6) is -0.444. The van der Waals surface area contributed by atoms with E-state index >= 15 is 0 Å². The summed E-state index contributed by atoms with van der Waals surface area (Å²) in [7, 11) is 0. The lowest BCUT2D eigenvalue weighted by molar-refractivity contribution is -0.130. The highest BCUT2D eigenvalue weighted by Crippen LogP contribution is 2.33. The van der Waals surface area contributed by atoms with Gasteiger partial charge >= 0.3 is 6.03 Å². The highest BCUT2D eigenvalue weighted by Gasteiger charge is 2.36. The lowest BCUT2D eigenvalue weighted by atomic mass is 10.1. The molecule has 3 amide bonds. The van der Waals surface area contributed by atoms with Gasteiger partial charge in [-0.15, -0.1) is 0 Å². The first kappa shape index (κ1) is 20.5. The zero-order chi connectivity index (χ0) is 21.8. The summed E-state index contributed by atoms with van der Waals surface area (Å²) in [6, 6.07) is 10.6. The van der Waals surface area contributed by atoms with Crippen LogP contribution in [0, 0.1) is 11.6 Å². The third kappa shape index (κ3) is 4.85. The molecule has 2 N–H and O–H groups in total. The molecule has 1 fully saturated rings. The smallest absolute Gasteiger partial charge is 0.319 e. The number of rotatable bonds is 6. The van der Waals surface area contributed by atoms with Crippen LogP contribution in [-0.4, -0.2) is 27.0 Å². The minimum absolute atomic E-state index is 0.00942. The highest BCUT2D eigenvalue weighted by atomic mass is 19.1. The Morgan fingerprint density at radius 1 is 1.16 bits per heavy atom. The average Bonchev–Trinajstić information content (AvgIpc) is 3.37. The minimum Gasteiger partial charge on any atom is -0.337 e. The monoisotopic (exact) mass is 427 g/mol. The fourth-order valence-corrected chi connectivity index (χ4v) is 3.34. The normalized spacial score (nSPS) is 15.9. The Bertz CT molecular complexity index is 1090. The number of hydrogen-bond acceptors (Lipinski definition) is 5.